The molecule has 0 aliphatic heterocycles. The van der Waals surface area contributed by atoms with Gasteiger partial charge in [0.05, 0.1) is 11.6 Å². The van der Waals surface area contributed by atoms with Gasteiger partial charge in [0.2, 0.25) is 0 Å². The van der Waals surface area contributed by atoms with Gasteiger partial charge in [0, 0.05) is 17.4 Å². The van der Waals surface area contributed by atoms with Crippen LogP contribution < -0.4 is 0 Å². The SMILES string of the molecule is Cc1ccc(-c2cscc2-c2cc(F)c(S(C)(=O)=O)c(F)c2)cc1C#N. The smallest absolute Gasteiger partial charge is 0.181 e. The molecular weight excluding hydrogens is 376 g/mol. The van der Waals surface area contributed by atoms with Crippen molar-refractivity contribution in [3.63, 3.8) is 0 Å². The van der Waals surface area contributed by atoms with Crippen molar-refractivity contribution in [2.75, 3.05) is 6.26 Å². The van der Waals surface area contributed by atoms with Gasteiger partial charge in [-0.15, -0.1) is 0 Å². The summed E-state index contributed by atoms with van der Waals surface area (Å²) < 4.78 is 51.6. The molecule has 0 aliphatic carbocycles. The third kappa shape index (κ3) is 3.26. The molecular formula is C19H13F2NO2S2. The predicted molar refractivity (Wildman–Crippen MR) is 97.7 cm³/mol. The van der Waals surface area contributed by atoms with Gasteiger partial charge in [0.15, 0.2) is 9.84 Å². The van der Waals surface area contributed by atoms with Gasteiger partial charge in [-0.1, -0.05) is 12.1 Å². The minimum atomic E-state index is -4.01. The van der Waals surface area contributed by atoms with Gasteiger partial charge in [-0.25, -0.2) is 17.2 Å². The Hall–Kier alpha value is -2.56. The first-order chi connectivity index (χ1) is 12.2. The molecule has 7 heteroatoms. The van der Waals surface area contributed by atoms with Crippen molar-refractivity contribution in [2.45, 2.75) is 11.8 Å². The molecule has 0 radical (unpaired) electrons. The average molecular weight is 389 g/mol. The fourth-order valence-electron chi connectivity index (χ4n) is 2.72. The Morgan fingerprint density at radius 2 is 1.58 bits per heavy atom. The first-order valence-electron chi connectivity index (χ1n) is 7.49. The monoisotopic (exact) mass is 389 g/mol. The molecule has 3 aromatic rings. The Balaban J connectivity index is 2.18. The number of nitriles is 1. The second kappa shape index (κ2) is 6.63. The van der Waals surface area contributed by atoms with E-state index in [0.29, 0.717) is 11.1 Å². The first-order valence-corrected chi connectivity index (χ1v) is 10.3. The second-order valence-corrected chi connectivity index (χ2v) is 8.58. The van der Waals surface area contributed by atoms with E-state index < -0.39 is 26.4 Å². The van der Waals surface area contributed by atoms with E-state index >= 15 is 0 Å². The summed E-state index contributed by atoms with van der Waals surface area (Å²) in [4.78, 5) is -0.930. The minimum absolute atomic E-state index is 0.239. The highest BCUT2D eigenvalue weighted by Gasteiger charge is 2.22. The van der Waals surface area contributed by atoms with Gasteiger partial charge >= 0.3 is 0 Å². The lowest BCUT2D eigenvalue weighted by atomic mass is 9.96. The quantitative estimate of drug-likeness (QED) is 0.637. The molecule has 0 unspecified atom stereocenters. The van der Waals surface area contributed by atoms with Crippen LogP contribution in [0.3, 0.4) is 0 Å². The van der Waals surface area contributed by atoms with E-state index in [2.05, 4.69) is 6.07 Å². The molecule has 0 atom stereocenters. The maximum Gasteiger partial charge on any atom is 0.181 e. The zero-order valence-corrected chi connectivity index (χ0v) is 15.5. The number of thiophene rings is 1. The van der Waals surface area contributed by atoms with Crippen molar-refractivity contribution in [2.24, 2.45) is 0 Å². The summed E-state index contributed by atoms with van der Waals surface area (Å²) in [6.07, 6.45) is 0.764. The summed E-state index contributed by atoms with van der Waals surface area (Å²) in [6, 6.07) is 9.51. The van der Waals surface area contributed by atoms with Gasteiger partial charge in [-0.05, 0) is 52.6 Å². The van der Waals surface area contributed by atoms with E-state index in [9.17, 15) is 22.5 Å². The zero-order chi connectivity index (χ0) is 19.1. The Morgan fingerprint density at radius 1 is 1.00 bits per heavy atom. The predicted octanol–water partition coefficient (Wildman–Crippen LogP) is 4.94. The van der Waals surface area contributed by atoms with Crippen LogP contribution in [0.15, 0.2) is 46.0 Å². The summed E-state index contributed by atoms with van der Waals surface area (Å²) >= 11 is 1.35. The van der Waals surface area contributed by atoms with Crippen molar-refractivity contribution in [3.8, 4) is 28.3 Å². The van der Waals surface area contributed by atoms with E-state index in [1.807, 2.05) is 24.4 Å². The number of hydrogen-bond acceptors (Lipinski definition) is 4. The number of hydrogen-bond donors (Lipinski definition) is 0. The molecule has 3 nitrogen and oxygen atoms in total. The molecule has 0 fully saturated rings. The maximum absolute atomic E-state index is 14.2. The summed E-state index contributed by atoms with van der Waals surface area (Å²) in [5.41, 5.74) is 3.63. The normalized spacial score (nSPS) is 11.3. The molecule has 3 rings (SSSR count). The van der Waals surface area contributed by atoms with Crippen LogP contribution >= 0.6 is 11.3 Å². The molecule has 0 N–H and O–H groups in total. The fraction of sp³-hybridized carbons (Fsp3) is 0.105. The fourth-order valence-corrected chi connectivity index (χ4v) is 4.42. The molecule has 0 saturated carbocycles. The van der Waals surface area contributed by atoms with Gasteiger partial charge in [-0.2, -0.15) is 16.6 Å². The lowest BCUT2D eigenvalue weighted by molar-refractivity contribution is 0.522. The third-order valence-corrected chi connectivity index (χ3v) is 5.89. The van der Waals surface area contributed by atoms with Crippen molar-refractivity contribution in [3.05, 3.63) is 63.9 Å². The number of benzene rings is 2. The molecule has 1 aromatic heterocycles. The van der Waals surface area contributed by atoms with Crippen LogP contribution in [0.4, 0.5) is 8.78 Å². The minimum Gasteiger partial charge on any atom is -0.224 e. The average Bonchev–Trinajstić information content (AvgIpc) is 3.03. The highest BCUT2D eigenvalue weighted by atomic mass is 32.2. The number of sulfone groups is 1. The third-order valence-electron chi connectivity index (χ3n) is 4.01. The second-order valence-electron chi connectivity index (χ2n) is 5.88. The maximum atomic E-state index is 14.2. The number of halogens is 2. The van der Waals surface area contributed by atoms with Crippen molar-refractivity contribution < 1.29 is 17.2 Å². The van der Waals surface area contributed by atoms with E-state index in [0.717, 1.165) is 35.1 Å². The summed E-state index contributed by atoms with van der Waals surface area (Å²) in [7, 11) is -4.01. The first kappa shape index (κ1) is 18.2. The van der Waals surface area contributed by atoms with E-state index in [1.54, 1.807) is 11.4 Å². The van der Waals surface area contributed by atoms with E-state index in [4.69, 9.17) is 0 Å². The zero-order valence-electron chi connectivity index (χ0n) is 13.9. The number of nitrogens with zero attached hydrogens (tertiary/aromatic N) is 1. The Morgan fingerprint density at radius 3 is 2.12 bits per heavy atom. The van der Waals surface area contributed by atoms with Crippen LogP contribution in [-0.4, -0.2) is 14.7 Å². The molecule has 26 heavy (non-hydrogen) atoms. The topological polar surface area (TPSA) is 57.9 Å². The number of rotatable bonds is 3. The van der Waals surface area contributed by atoms with Crippen LogP contribution in [0.2, 0.25) is 0 Å². The highest BCUT2D eigenvalue weighted by molar-refractivity contribution is 7.90. The van der Waals surface area contributed by atoms with Gasteiger partial charge in [0.1, 0.15) is 16.5 Å². The lowest BCUT2D eigenvalue weighted by Gasteiger charge is -2.09. The molecule has 0 bridgehead atoms. The molecule has 0 spiro atoms. The Labute approximate surface area is 154 Å². The Bertz CT molecular complexity index is 1140. The summed E-state index contributed by atoms with van der Waals surface area (Å²) in [6.45, 7) is 1.82. The molecule has 0 saturated heterocycles. The van der Waals surface area contributed by atoms with Crippen LogP contribution in [-0.2, 0) is 9.84 Å². The van der Waals surface area contributed by atoms with Crippen molar-refractivity contribution in [1.82, 2.24) is 0 Å². The highest BCUT2D eigenvalue weighted by Crippen LogP contribution is 2.37. The van der Waals surface area contributed by atoms with Crippen LogP contribution in [0.25, 0.3) is 22.3 Å². The van der Waals surface area contributed by atoms with Crippen molar-refractivity contribution in [1.29, 1.82) is 5.26 Å². The van der Waals surface area contributed by atoms with E-state index in [-0.39, 0.29) is 5.56 Å². The molecule has 132 valence electrons. The molecule has 2 aromatic carbocycles. The largest absolute Gasteiger partial charge is 0.224 e. The Kier molecular flexibility index (Phi) is 4.65. The lowest BCUT2D eigenvalue weighted by Crippen LogP contribution is -2.04. The molecule has 0 amide bonds. The van der Waals surface area contributed by atoms with Crippen LogP contribution in [0.5, 0.6) is 0 Å². The summed E-state index contributed by atoms with van der Waals surface area (Å²) in [5.74, 6) is -2.25. The van der Waals surface area contributed by atoms with Gasteiger partial charge in [0.25, 0.3) is 0 Å². The van der Waals surface area contributed by atoms with Crippen LogP contribution in [0.1, 0.15) is 11.1 Å². The molecule has 1 heterocycles. The molecule has 0 aliphatic rings. The van der Waals surface area contributed by atoms with E-state index in [1.165, 1.54) is 11.3 Å². The van der Waals surface area contributed by atoms with Gasteiger partial charge < -0.3 is 0 Å². The summed E-state index contributed by atoms with van der Waals surface area (Å²) in [5, 5.41) is 12.8. The van der Waals surface area contributed by atoms with Gasteiger partial charge in [-0.3, -0.25) is 0 Å². The van der Waals surface area contributed by atoms with Crippen LogP contribution in [0, 0.1) is 29.9 Å². The standard InChI is InChI=1S/C19H13F2NO2S2/c1-11-3-4-12(5-14(11)8-22)15-9-25-10-16(15)13-6-17(20)19(18(21)7-13)26(2,23)24/h3-7,9-10H,1-2H3. The van der Waals surface area contributed by atoms with Crippen molar-refractivity contribution >= 4 is 21.2 Å². The number of aryl methyl sites for hydroxylation is 1.